The molecule has 1 fully saturated rings. The number of hydrogen-bond donors (Lipinski definition) is 0. The highest BCUT2D eigenvalue weighted by Crippen LogP contribution is 2.51. The van der Waals surface area contributed by atoms with Crippen LogP contribution in [0.25, 0.3) is 0 Å². The number of nitrogens with zero attached hydrogens (tertiary/aromatic N) is 1. The summed E-state index contributed by atoms with van der Waals surface area (Å²) in [4.78, 5) is 25.4. The maximum Gasteiger partial charge on any atom is 0.146 e. The van der Waals surface area contributed by atoms with E-state index in [-0.39, 0.29) is 30.0 Å². The Kier molecular flexibility index (Phi) is 7.16. The van der Waals surface area contributed by atoms with Crippen molar-refractivity contribution in [3.63, 3.8) is 0 Å². The summed E-state index contributed by atoms with van der Waals surface area (Å²) >= 11 is 0. The van der Waals surface area contributed by atoms with E-state index in [4.69, 9.17) is 0 Å². The van der Waals surface area contributed by atoms with E-state index in [9.17, 15) is 14.0 Å². The van der Waals surface area contributed by atoms with Crippen molar-refractivity contribution in [3.8, 4) is 0 Å². The smallest absolute Gasteiger partial charge is 0.146 e. The Morgan fingerprint density at radius 1 is 1.03 bits per heavy atom. The first-order chi connectivity index (χ1) is 16.1. The number of hydrogen-bond acceptors (Lipinski definition) is 3. The fraction of sp³-hybridized carbons (Fsp3) is 0.276. The number of allylic oxidation sites excluding steroid dienone is 5. The maximum absolute atomic E-state index is 13.8. The second kappa shape index (κ2) is 10.4. The van der Waals surface area contributed by atoms with Gasteiger partial charge in [0.15, 0.2) is 0 Å². The number of rotatable bonds is 8. The molecule has 2 aromatic carbocycles. The van der Waals surface area contributed by atoms with E-state index in [1.165, 1.54) is 17.2 Å². The van der Waals surface area contributed by atoms with Crippen LogP contribution in [0.1, 0.15) is 48.9 Å². The van der Waals surface area contributed by atoms with Gasteiger partial charge in [0, 0.05) is 24.5 Å². The van der Waals surface area contributed by atoms with Crippen LogP contribution >= 0.6 is 0 Å². The second-order valence-electron chi connectivity index (χ2n) is 8.69. The van der Waals surface area contributed by atoms with Crippen LogP contribution in [0.2, 0.25) is 0 Å². The van der Waals surface area contributed by atoms with Gasteiger partial charge in [-0.3, -0.25) is 0 Å². The van der Waals surface area contributed by atoms with Crippen molar-refractivity contribution >= 4 is 11.7 Å². The lowest BCUT2D eigenvalue weighted by atomic mass is 9.76. The average Bonchev–Trinajstić information content (AvgIpc) is 3.03. The van der Waals surface area contributed by atoms with E-state index in [0.717, 1.165) is 24.1 Å². The van der Waals surface area contributed by atoms with E-state index >= 15 is 0 Å². The van der Waals surface area contributed by atoms with Crippen LogP contribution in [-0.2, 0) is 22.4 Å². The average molecular weight is 442 g/mol. The van der Waals surface area contributed by atoms with Crippen LogP contribution in [-0.4, -0.2) is 16.6 Å². The molecule has 0 bridgehead atoms. The molecule has 33 heavy (non-hydrogen) atoms. The number of Topliss-reactive ketones (excluding diaryl/α,β-unsaturated/α-hetero) is 1. The fourth-order valence-corrected chi connectivity index (χ4v) is 4.60. The molecule has 2 aliphatic rings. The van der Waals surface area contributed by atoms with Gasteiger partial charge in [-0.1, -0.05) is 60.7 Å². The van der Waals surface area contributed by atoms with E-state index in [1.54, 1.807) is 19.1 Å². The van der Waals surface area contributed by atoms with Crippen LogP contribution in [0.4, 0.5) is 4.39 Å². The van der Waals surface area contributed by atoms with Crippen molar-refractivity contribution in [1.29, 1.82) is 0 Å². The third-order valence-electron chi connectivity index (χ3n) is 6.36. The summed E-state index contributed by atoms with van der Waals surface area (Å²) in [6.45, 7) is 1.57. The predicted octanol–water partition coefficient (Wildman–Crippen LogP) is 6.23. The van der Waals surface area contributed by atoms with E-state index in [2.05, 4.69) is 54.5 Å². The molecule has 0 radical (unpaired) electrons. The Balaban J connectivity index is 1.58. The summed E-state index contributed by atoms with van der Waals surface area (Å²) in [5, 5.41) is 0. The van der Waals surface area contributed by atoms with Gasteiger partial charge in [0.05, 0.1) is 6.04 Å². The van der Waals surface area contributed by atoms with Gasteiger partial charge in [0.1, 0.15) is 23.2 Å². The summed E-state index contributed by atoms with van der Waals surface area (Å²) in [7, 11) is 0. The normalized spacial score (nSPS) is 19.8. The molecule has 1 heterocycles. The van der Waals surface area contributed by atoms with Gasteiger partial charge in [0.2, 0.25) is 0 Å². The number of halogens is 1. The largest absolute Gasteiger partial charge is 0.327 e. The minimum absolute atomic E-state index is 0.0885. The molecule has 1 aliphatic carbocycles. The van der Waals surface area contributed by atoms with Crippen molar-refractivity contribution in [1.82, 2.24) is 4.90 Å². The van der Waals surface area contributed by atoms with Crippen LogP contribution in [0.5, 0.6) is 0 Å². The van der Waals surface area contributed by atoms with Gasteiger partial charge in [-0.25, -0.2) is 9.18 Å². The molecule has 0 saturated carbocycles. The van der Waals surface area contributed by atoms with Gasteiger partial charge in [-0.15, -0.1) is 0 Å². The lowest BCUT2D eigenvalue weighted by molar-refractivity contribution is -0.117. The molecule has 1 aliphatic heterocycles. The third kappa shape index (κ3) is 5.30. The lowest BCUT2D eigenvalue weighted by Crippen LogP contribution is -2.47. The quantitative estimate of drug-likeness (QED) is 0.456. The zero-order chi connectivity index (χ0) is 23.2. The number of carbonyl (C=O) groups excluding carboxylic acids is 2. The number of aryl methyl sites for hydroxylation is 2. The van der Waals surface area contributed by atoms with Gasteiger partial charge in [0.25, 0.3) is 0 Å². The van der Waals surface area contributed by atoms with E-state index in [0.29, 0.717) is 18.5 Å². The minimum atomic E-state index is -0.217. The fourth-order valence-electron chi connectivity index (χ4n) is 4.60. The van der Waals surface area contributed by atoms with Crippen LogP contribution in [0.15, 0.2) is 96.1 Å². The topological polar surface area (TPSA) is 37.4 Å². The molecule has 2 aromatic rings. The van der Waals surface area contributed by atoms with Crippen LogP contribution in [0.3, 0.4) is 0 Å². The number of ketones is 1. The summed E-state index contributed by atoms with van der Waals surface area (Å²) in [6, 6.07) is 18.8. The van der Waals surface area contributed by atoms with Gasteiger partial charge >= 0.3 is 0 Å². The SMILES string of the molecule is CC(=O)CC[C@H]1C(=C=O)N(C2=CC=C(F)CC=C2)C1c1ccc(CCc2ccccc2)cc1. The molecular formula is C29H28FNO2. The third-order valence-corrected chi connectivity index (χ3v) is 6.36. The zero-order valence-corrected chi connectivity index (χ0v) is 18.8. The molecule has 2 atom stereocenters. The van der Waals surface area contributed by atoms with Crippen molar-refractivity contribution in [2.45, 2.75) is 45.1 Å². The van der Waals surface area contributed by atoms with Gasteiger partial charge < -0.3 is 9.69 Å². The first-order valence-electron chi connectivity index (χ1n) is 11.5. The molecule has 4 heteroatoms. The lowest BCUT2D eigenvalue weighted by Gasteiger charge is -2.50. The first kappa shape index (κ1) is 22.7. The standard InChI is InChI=1S/C29H28FNO2/c1-21(33)10-19-27-28(20-32)31(26-9-5-8-25(30)17-18-26)29(27)24-15-13-23(14-16-24)12-11-22-6-3-2-4-7-22/h2-7,9,13-18,27,29H,8,10-12,19H2,1H3/t27-,29?/m0/s1. The van der Waals surface area contributed by atoms with Crippen molar-refractivity contribution in [3.05, 3.63) is 113 Å². The Labute approximate surface area is 194 Å². The second-order valence-corrected chi connectivity index (χ2v) is 8.69. The molecule has 3 nitrogen and oxygen atoms in total. The van der Waals surface area contributed by atoms with Gasteiger partial charge in [-0.2, -0.15) is 0 Å². The highest BCUT2D eigenvalue weighted by atomic mass is 19.1. The monoisotopic (exact) mass is 441 g/mol. The molecular weight excluding hydrogens is 413 g/mol. The number of carbonyl (C=O) groups is 1. The Morgan fingerprint density at radius 2 is 1.73 bits per heavy atom. The van der Waals surface area contributed by atoms with E-state index in [1.807, 2.05) is 17.0 Å². The molecule has 4 rings (SSSR count). The molecule has 0 spiro atoms. The predicted molar refractivity (Wildman–Crippen MR) is 129 cm³/mol. The Bertz CT molecular complexity index is 1140. The minimum Gasteiger partial charge on any atom is -0.327 e. The molecule has 0 aromatic heterocycles. The van der Waals surface area contributed by atoms with Crippen molar-refractivity contribution in [2.75, 3.05) is 0 Å². The first-order valence-corrected chi connectivity index (χ1v) is 11.5. The van der Waals surface area contributed by atoms with Gasteiger partial charge in [-0.05, 0) is 61.1 Å². The summed E-state index contributed by atoms with van der Waals surface area (Å²) < 4.78 is 13.8. The number of benzene rings is 2. The molecule has 168 valence electrons. The molecule has 0 N–H and O–H groups in total. The summed E-state index contributed by atoms with van der Waals surface area (Å²) in [6.07, 6.45) is 9.94. The molecule has 1 saturated heterocycles. The van der Waals surface area contributed by atoms with E-state index < -0.39 is 0 Å². The van der Waals surface area contributed by atoms with Crippen molar-refractivity contribution < 1.29 is 14.0 Å². The maximum atomic E-state index is 13.8. The highest BCUT2D eigenvalue weighted by Gasteiger charge is 2.46. The zero-order valence-electron chi connectivity index (χ0n) is 18.8. The summed E-state index contributed by atoms with van der Waals surface area (Å²) in [5.41, 5.74) is 4.93. The summed E-state index contributed by atoms with van der Waals surface area (Å²) in [5.74, 6) is 1.89. The Morgan fingerprint density at radius 3 is 2.39 bits per heavy atom. The van der Waals surface area contributed by atoms with Crippen LogP contribution < -0.4 is 0 Å². The number of likely N-dealkylation sites (tertiary alicyclic amines) is 1. The molecule has 0 amide bonds. The highest BCUT2D eigenvalue weighted by molar-refractivity contribution is 5.75. The van der Waals surface area contributed by atoms with Crippen molar-refractivity contribution in [2.24, 2.45) is 5.92 Å². The van der Waals surface area contributed by atoms with Crippen LogP contribution in [0, 0.1) is 5.92 Å². The molecule has 1 unspecified atom stereocenters. The Hall–Kier alpha value is -3.49.